The first kappa shape index (κ1) is 11.0. The third kappa shape index (κ3) is 41.4. The molecule has 0 aromatic rings. The number of nitrogens with two attached hydrogens (primary N) is 1. The van der Waals surface area contributed by atoms with Crippen molar-refractivity contribution in [3.63, 3.8) is 0 Å². The Balaban J connectivity index is 0. The summed E-state index contributed by atoms with van der Waals surface area (Å²) in [5.41, 5.74) is 4.57. The highest BCUT2D eigenvalue weighted by Crippen LogP contribution is 1.46. The van der Waals surface area contributed by atoms with Crippen molar-refractivity contribution in [3.05, 3.63) is 12.7 Å². The zero-order valence-electron chi connectivity index (χ0n) is 5.08. The van der Waals surface area contributed by atoms with Gasteiger partial charge in [0.05, 0.1) is 13.2 Å². The van der Waals surface area contributed by atoms with Crippen molar-refractivity contribution in [2.24, 2.45) is 5.73 Å². The second-order valence-electron chi connectivity index (χ2n) is 1.07. The van der Waals surface area contributed by atoms with E-state index in [1.807, 2.05) is 0 Å². The molecule has 0 aliphatic carbocycles. The molecule has 0 aromatic carbocycles. The smallest absolute Gasteiger partial charge is 0.317 e. The summed E-state index contributed by atoms with van der Waals surface area (Å²) < 4.78 is 0. The Hall–Kier alpha value is -0.870. The summed E-state index contributed by atoms with van der Waals surface area (Å²) in [5.74, 6) is -0.968. The Morgan fingerprint density at radius 1 is 1.78 bits per heavy atom. The van der Waals surface area contributed by atoms with Gasteiger partial charge in [0.25, 0.3) is 0 Å². The topological polar surface area (TPSA) is 83.5 Å². The number of hydrogen-bond donors (Lipinski definition) is 3. The standard InChI is InChI=1S/C3H6O.C2H5NO2/c1-2-3-4;3-1-2(4)5/h2,4H,1,3H2;1,3H2,(H,4,5). The number of carboxylic acids is 1. The molecular weight excluding hydrogens is 122 g/mol. The fraction of sp³-hybridized carbons (Fsp3) is 0.400. The quantitative estimate of drug-likeness (QED) is 0.430. The summed E-state index contributed by atoms with van der Waals surface area (Å²) in [4.78, 5) is 9.24. The fourth-order valence-corrected chi connectivity index (χ4v) is 0. The molecule has 0 aliphatic heterocycles. The first-order valence-corrected chi connectivity index (χ1v) is 2.32. The highest BCUT2D eigenvalue weighted by Gasteiger charge is 1.81. The van der Waals surface area contributed by atoms with E-state index >= 15 is 0 Å². The molecule has 0 atom stereocenters. The van der Waals surface area contributed by atoms with Gasteiger partial charge in [-0.15, -0.1) is 6.58 Å². The molecule has 9 heavy (non-hydrogen) atoms. The van der Waals surface area contributed by atoms with E-state index in [4.69, 9.17) is 10.2 Å². The lowest BCUT2D eigenvalue weighted by Crippen LogP contribution is -2.10. The molecule has 0 saturated carbocycles. The molecule has 0 aromatic heterocycles. The summed E-state index contributed by atoms with van der Waals surface area (Å²) in [6, 6.07) is 0. The highest BCUT2D eigenvalue weighted by atomic mass is 16.4. The SMILES string of the molecule is C=CCO.NCC(=O)O. The van der Waals surface area contributed by atoms with E-state index in [-0.39, 0.29) is 13.2 Å². The van der Waals surface area contributed by atoms with E-state index in [0.717, 1.165) is 0 Å². The van der Waals surface area contributed by atoms with Crippen LogP contribution in [-0.4, -0.2) is 29.3 Å². The van der Waals surface area contributed by atoms with Crippen LogP contribution in [0.5, 0.6) is 0 Å². The van der Waals surface area contributed by atoms with E-state index in [0.29, 0.717) is 0 Å². The second-order valence-corrected chi connectivity index (χ2v) is 1.07. The van der Waals surface area contributed by atoms with Gasteiger partial charge in [0.1, 0.15) is 0 Å². The van der Waals surface area contributed by atoms with Gasteiger partial charge in [0.15, 0.2) is 0 Å². The molecule has 0 bridgehead atoms. The van der Waals surface area contributed by atoms with Crippen LogP contribution in [0.1, 0.15) is 0 Å². The number of aliphatic hydroxyl groups is 1. The minimum absolute atomic E-state index is 0.0833. The van der Waals surface area contributed by atoms with Crippen LogP contribution < -0.4 is 5.73 Å². The van der Waals surface area contributed by atoms with Crippen LogP contribution >= 0.6 is 0 Å². The van der Waals surface area contributed by atoms with Gasteiger partial charge in [-0.25, -0.2) is 0 Å². The summed E-state index contributed by atoms with van der Waals surface area (Å²) in [6.07, 6.45) is 1.43. The van der Waals surface area contributed by atoms with Gasteiger partial charge in [-0.2, -0.15) is 0 Å². The number of carboxylic acid groups (broad SMARTS) is 1. The predicted octanol–water partition coefficient (Wildman–Crippen LogP) is -0.806. The lowest BCUT2D eigenvalue weighted by atomic mass is 10.7. The van der Waals surface area contributed by atoms with E-state index in [1.54, 1.807) is 0 Å². The third-order valence-corrected chi connectivity index (χ3v) is 0.304. The van der Waals surface area contributed by atoms with Crippen molar-refractivity contribution in [1.29, 1.82) is 0 Å². The summed E-state index contributed by atoms with van der Waals surface area (Å²) in [7, 11) is 0. The van der Waals surface area contributed by atoms with Crippen molar-refractivity contribution in [1.82, 2.24) is 0 Å². The molecule has 0 spiro atoms. The number of carbonyl (C=O) groups is 1. The first-order chi connectivity index (χ1) is 4.18. The van der Waals surface area contributed by atoms with Gasteiger partial charge in [-0.3, -0.25) is 4.79 Å². The fourth-order valence-electron chi connectivity index (χ4n) is 0. The molecule has 0 heterocycles. The molecule has 0 unspecified atom stereocenters. The van der Waals surface area contributed by atoms with Crippen LogP contribution in [0.15, 0.2) is 12.7 Å². The number of hydrogen-bond acceptors (Lipinski definition) is 3. The summed E-state index contributed by atoms with van der Waals surface area (Å²) in [5, 5.41) is 15.4. The largest absolute Gasteiger partial charge is 0.480 e. The van der Waals surface area contributed by atoms with Crippen molar-refractivity contribution >= 4 is 5.97 Å². The molecule has 0 fully saturated rings. The number of aliphatic hydroxyl groups excluding tert-OH is 1. The van der Waals surface area contributed by atoms with E-state index < -0.39 is 5.97 Å². The van der Waals surface area contributed by atoms with Crippen molar-refractivity contribution in [3.8, 4) is 0 Å². The monoisotopic (exact) mass is 133 g/mol. The van der Waals surface area contributed by atoms with Gasteiger partial charge >= 0.3 is 5.97 Å². The molecule has 0 amide bonds. The van der Waals surface area contributed by atoms with Crippen molar-refractivity contribution in [2.75, 3.05) is 13.2 Å². The maximum Gasteiger partial charge on any atom is 0.317 e. The highest BCUT2D eigenvalue weighted by molar-refractivity contribution is 5.68. The molecule has 54 valence electrons. The van der Waals surface area contributed by atoms with Gasteiger partial charge in [0.2, 0.25) is 0 Å². The lowest BCUT2D eigenvalue weighted by molar-refractivity contribution is -0.135. The zero-order chi connectivity index (χ0) is 7.70. The molecular formula is C5H11NO3. The van der Waals surface area contributed by atoms with Crippen molar-refractivity contribution < 1.29 is 15.0 Å². The molecule has 4 heteroatoms. The number of aliphatic carboxylic acids is 1. The van der Waals surface area contributed by atoms with Crippen LogP contribution in [0.3, 0.4) is 0 Å². The second kappa shape index (κ2) is 10.2. The molecule has 0 radical (unpaired) electrons. The van der Waals surface area contributed by atoms with E-state index in [2.05, 4.69) is 12.3 Å². The minimum atomic E-state index is -0.968. The van der Waals surface area contributed by atoms with Crippen LogP contribution in [0, 0.1) is 0 Å². The third-order valence-electron chi connectivity index (χ3n) is 0.304. The Morgan fingerprint density at radius 3 is 2.00 bits per heavy atom. The van der Waals surface area contributed by atoms with Gasteiger partial charge in [-0.05, 0) is 0 Å². The van der Waals surface area contributed by atoms with Crippen LogP contribution in [0.2, 0.25) is 0 Å². The van der Waals surface area contributed by atoms with Gasteiger partial charge in [0, 0.05) is 0 Å². The maximum absolute atomic E-state index is 9.24. The number of rotatable bonds is 2. The molecule has 0 saturated heterocycles. The minimum Gasteiger partial charge on any atom is -0.480 e. The Bertz CT molecular complexity index is 82.3. The zero-order valence-corrected chi connectivity index (χ0v) is 5.08. The van der Waals surface area contributed by atoms with Crippen molar-refractivity contribution in [2.45, 2.75) is 0 Å². The molecule has 4 nitrogen and oxygen atoms in total. The summed E-state index contributed by atoms with van der Waals surface area (Å²) in [6.45, 7) is 3.03. The van der Waals surface area contributed by atoms with Crippen LogP contribution in [0.4, 0.5) is 0 Å². The Labute approximate surface area is 53.6 Å². The van der Waals surface area contributed by atoms with Gasteiger partial charge in [-0.1, -0.05) is 6.08 Å². The van der Waals surface area contributed by atoms with E-state index in [1.165, 1.54) is 6.08 Å². The normalized spacial score (nSPS) is 6.89. The lowest BCUT2D eigenvalue weighted by Gasteiger charge is -1.73. The average Bonchev–Trinajstić information content (AvgIpc) is 1.89. The van der Waals surface area contributed by atoms with Crippen LogP contribution in [0.25, 0.3) is 0 Å². The Morgan fingerprint density at radius 2 is 2.00 bits per heavy atom. The molecule has 4 N–H and O–H groups in total. The Kier molecular flexibility index (Phi) is 12.4. The van der Waals surface area contributed by atoms with Crippen LogP contribution in [-0.2, 0) is 4.79 Å². The summed E-state index contributed by atoms with van der Waals surface area (Å²) >= 11 is 0. The molecule has 0 rings (SSSR count). The molecule has 0 aliphatic rings. The first-order valence-electron chi connectivity index (χ1n) is 2.32. The van der Waals surface area contributed by atoms with E-state index in [9.17, 15) is 4.79 Å². The predicted molar refractivity (Wildman–Crippen MR) is 34.0 cm³/mol. The average molecular weight is 133 g/mol. The van der Waals surface area contributed by atoms with Gasteiger partial charge < -0.3 is 15.9 Å². The maximum atomic E-state index is 9.24.